The molecule has 2 rings (SSSR count). The Morgan fingerprint density at radius 3 is 2.45 bits per heavy atom. The number of hydrogen-bond acceptors (Lipinski definition) is 3. The highest BCUT2D eigenvalue weighted by molar-refractivity contribution is 7.92. The van der Waals surface area contributed by atoms with Crippen LogP contribution in [-0.4, -0.2) is 15.0 Å². The summed E-state index contributed by atoms with van der Waals surface area (Å²) in [5.41, 5.74) is 2.39. The predicted octanol–water partition coefficient (Wildman–Crippen LogP) is 3.76. The number of aryl methyl sites for hydroxylation is 2. The molecule has 0 aromatic heterocycles. The molecule has 0 saturated heterocycles. The SMILES string of the molecule is CCOc1ccc(S(=O)(=O)Nc2ccccc2CC)cc1C. The molecule has 2 aromatic carbocycles. The van der Waals surface area contributed by atoms with Gasteiger partial charge >= 0.3 is 0 Å². The maximum absolute atomic E-state index is 12.5. The summed E-state index contributed by atoms with van der Waals surface area (Å²) in [5, 5.41) is 0. The van der Waals surface area contributed by atoms with Crippen molar-refractivity contribution in [2.45, 2.75) is 32.1 Å². The Balaban J connectivity index is 2.32. The zero-order valence-corrected chi connectivity index (χ0v) is 13.9. The highest BCUT2D eigenvalue weighted by Crippen LogP contribution is 2.25. The Morgan fingerprint density at radius 2 is 1.82 bits per heavy atom. The monoisotopic (exact) mass is 319 g/mol. The third-order valence-corrected chi connectivity index (χ3v) is 4.76. The van der Waals surface area contributed by atoms with Crippen molar-refractivity contribution in [1.29, 1.82) is 0 Å². The quantitative estimate of drug-likeness (QED) is 0.882. The minimum atomic E-state index is -3.61. The molecule has 1 N–H and O–H groups in total. The molecule has 0 amide bonds. The number of nitrogens with one attached hydrogen (secondary N) is 1. The Morgan fingerprint density at radius 1 is 1.09 bits per heavy atom. The average molecular weight is 319 g/mol. The van der Waals surface area contributed by atoms with Crippen molar-refractivity contribution in [3.63, 3.8) is 0 Å². The van der Waals surface area contributed by atoms with Gasteiger partial charge in [0.15, 0.2) is 0 Å². The van der Waals surface area contributed by atoms with Gasteiger partial charge in [-0.05, 0) is 55.7 Å². The number of ether oxygens (including phenoxy) is 1. The third kappa shape index (κ3) is 3.60. The van der Waals surface area contributed by atoms with E-state index in [0.717, 1.165) is 17.5 Å². The van der Waals surface area contributed by atoms with Crippen LogP contribution in [0.3, 0.4) is 0 Å². The molecule has 0 aliphatic heterocycles. The Labute approximate surface area is 132 Å². The normalized spacial score (nSPS) is 11.2. The lowest BCUT2D eigenvalue weighted by Gasteiger charge is -2.13. The Hall–Kier alpha value is -2.01. The molecule has 0 aliphatic rings. The first-order chi connectivity index (χ1) is 10.5. The molecule has 118 valence electrons. The lowest BCUT2D eigenvalue weighted by Crippen LogP contribution is -2.14. The second-order valence-electron chi connectivity index (χ2n) is 4.98. The van der Waals surface area contributed by atoms with E-state index in [1.807, 2.05) is 39.0 Å². The molecule has 22 heavy (non-hydrogen) atoms. The van der Waals surface area contributed by atoms with Crippen LogP contribution in [0.5, 0.6) is 5.75 Å². The number of rotatable bonds is 6. The van der Waals surface area contributed by atoms with E-state index in [9.17, 15) is 8.42 Å². The van der Waals surface area contributed by atoms with Crippen LogP contribution in [0.4, 0.5) is 5.69 Å². The van der Waals surface area contributed by atoms with E-state index in [-0.39, 0.29) is 4.90 Å². The Kier molecular flexibility index (Phi) is 5.08. The van der Waals surface area contributed by atoms with Gasteiger partial charge < -0.3 is 4.74 Å². The van der Waals surface area contributed by atoms with E-state index >= 15 is 0 Å². The highest BCUT2D eigenvalue weighted by Gasteiger charge is 2.16. The summed E-state index contributed by atoms with van der Waals surface area (Å²) in [6, 6.07) is 12.3. The number of hydrogen-bond donors (Lipinski definition) is 1. The molecule has 0 spiro atoms. The van der Waals surface area contributed by atoms with Crippen LogP contribution in [0.25, 0.3) is 0 Å². The summed E-state index contributed by atoms with van der Waals surface area (Å²) in [6.07, 6.45) is 0.765. The van der Waals surface area contributed by atoms with Crippen molar-refractivity contribution in [1.82, 2.24) is 0 Å². The van der Waals surface area contributed by atoms with Crippen molar-refractivity contribution in [2.24, 2.45) is 0 Å². The molecule has 0 fully saturated rings. The molecular weight excluding hydrogens is 298 g/mol. The van der Waals surface area contributed by atoms with Gasteiger partial charge in [-0.15, -0.1) is 0 Å². The summed E-state index contributed by atoms with van der Waals surface area (Å²) >= 11 is 0. The third-order valence-electron chi connectivity index (χ3n) is 3.40. The maximum Gasteiger partial charge on any atom is 0.261 e. The number of benzene rings is 2. The van der Waals surface area contributed by atoms with Crippen LogP contribution in [0, 0.1) is 6.92 Å². The molecule has 0 heterocycles. The van der Waals surface area contributed by atoms with E-state index in [1.165, 1.54) is 0 Å². The minimum absolute atomic E-state index is 0.236. The van der Waals surface area contributed by atoms with Crippen molar-refractivity contribution >= 4 is 15.7 Å². The number of anilines is 1. The van der Waals surface area contributed by atoms with Crippen LogP contribution < -0.4 is 9.46 Å². The van der Waals surface area contributed by atoms with Gasteiger partial charge in [0.25, 0.3) is 10.0 Å². The van der Waals surface area contributed by atoms with E-state index in [2.05, 4.69) is 4.72 Å². The van der Waals surface area contributed by atoms with Gasteiger partial charge in [-0.2, -0.15) is 0 Å². The Bertz CT molecular complexity index is 754. The summed E-state index contributed by atoms with van der Waals surface area (Å²) in [4.78, 5) is 0.236. The molecule has 0 saturated carbocycles. The van der Waals surface area contributed by atoms with Gasteiger partial charge in [-0.3, -0.25) is 4.72 Å². The zero-order valence-electron chi connectivity index (χ0n) is 13.1. The van der Waals surface area contributed by atoms with Gasteiger partial charge in [0.1, 0.15) is 5.75 Å². The molecule has 0 aliphatic carbocycles. The predicted molar refractivity (Wildman–Crippen MR) is 89.0 cm³/mol. The first-order valence-corrected chi connectivity index (χ1v) is 8.80. The smallest absolute Gasteiger partial charge is 0.261 e. The standard InChI is InChI=1S/C17H21NO3S/c1-4-14-8-6-7-9-16(14)18-22(19,20)15-10-11-17(21-5-2)13(3)12-15/h6-12,18H,4-5H2,1-3H3. The lowest BCUT2D eigenvalue weighted by atomic mass is 10.1. The summed E-state index contributed by atoms with van der Waals surface area (Å²) < 4.78 is 33.2. The minimum Gasteiger partial charge on any atom is -0.494 e. The van der Waals surface area contributed by atoms with Crippen LogP contribution in [-0.2, 0) is 16.4 Å². The van der Waals surface area contributed by atoms with E-state index in [1.54, 1.807) is 24.3 Å². The molecule has 4 nitrogen and oxygen atoms in total. The van der Waals surface area contributed by atoms with Crippen LogP contribution >= 0.6 is 0 Å². The molecule has 0 atom stereocenters. The summed E-state index contributed by atoms with van der Waals surface area (Å²) in [5.74, 6) is 0.704. The largest absolute Gasteiger partial charge is 0.494 e. The van der Waals surface area contributed by atoms with E-state index < -0.39 is 10.0 Å². The van der Waals surface area contributed by atoms with Crippen molar-refractivity contribution in [3.8, 4) is 5.75 Å². The second-order valence-corrected chi connectivity index (χ2v) is 6.66. The summed E-state index contributed by atoms with van der Waals surface area (Å²) in [6.45, 7) is 6.28. The lowest BCUT2D eigenvalue weighted by molar-refractivity contribution is 0.337. The van der Waals surface area contributed by atoms with Crippen LogP contribution in [0.2, 0.25) is 0 Å². The topological polar surface area (TPSA) is 55.4 Å². The zero-order chi connectivity index (χ0) is 16.2. The number of sulfonamides is 1. The first kappa shape index (κ1) is 16.4. The highest BCUT2D eigenvalue weighted by atomic mass is 32.2. The number of para-hydroxylation sites is 1. The van der Waals surface area contributed by atoms with Crippen molar-refractivity contribution in [3.05, 3.63) is 53.6 Å². The molecule has 5 heteroatoms. The van der Waals surface area contributed by atoms with E-state index in [4.69, 9.17) is 4.74 Å². The van der Waals surface area contributed by atoms with Gasteiger partial charge in [0.2, 0.25) is 0 Å². The van der Waals surface area contributed by atoms with Gasteiger partial charge in [-0.25, -0.2) is 8.42 Å². The van der Waals surface area contributed by atoms with Gasteiger partial charge in [-0.1, -0.05) is 25.1 Å². The molecule has 0 radical (unpaired) electrons. The molecule has 0 bridgehead atoms. The van der Waals surface area contributed by atoms with E-state index in [0.29, 0.717) is 18.0 Å². The average Bonchev–Trinajstić information content (AvgIpc) is 2.49. The fourth-order valence-electron chi connectivity index (χ4n) is 2.24. The van der Waals surface area contributed by atoms with Gasteiger partial charge in [0, 0.05) is 0 Å². The molecular formula is C17H21NO3S. The van der Waals surface area contributed by atoms with Crippen LogP contribution in [0.1, 0.15) is 25.0 Å². The fraction of sp³-hybridized carbons (Fsp3) is 0.294. The van der Waals surface area contributed by atoms with Gasteiger partial charge in [0.05, 0.1) is 17.2 Å². The van der Waals surface area contributed by atoms with Crippen molar-refractivity contribution < 1.29 is 13.2 Å². The second kappa shape index (κ2) is 6.83. The molecule has 0 unspecified atom stereocenters. The molecule has 2 aromatic rings. The first-order valence-electron chi connectivity index (χ1n) is 7.32. The summed E-state index contributed by atoms with van der Waals surface area (Å²) in [7, 11) is -3.61. The fourth-order valence-corrected chi connectivity index (χ4v) is 3.42. The van der Waals surface area contributed by atoms with Crippen molar-refractivity contribution in [2.75, 3.05) is 11.3 Å². The maximum atomic E-state index is 12.5. The van der Waals surface area contributed by atoms with Crippen LogP contribution in [0.15, 0.2) is 47.4 Å².